The fraction of sp³-hybridized carbons (Fsp3) is 0.0833. The topological polar surface area (TPSA) is 66.9 Å². The summed E-state index contributed by atoms with van der Waals surface area (Å²) in [6, 6.07) is 5.20. The second-order valence-corrected chi connectivity index (χ2v) is 4.94. The highest BCUT2D eigenvalue weighted by atomic mass is 79.9. The lowest BCUT2D eigenvalue weighted by molar-refractivity contribution is 0.102. The lowest BCUT2D eigenvalue weighted by Gasteiger charge is -2.07. The van der Waals surface area contributed by atoms with E-state index in [0.717, 1.165) is 4.47 Å². The van der Waals surface area contributed by atoms with Crippen LogP contribution in [0.25, 0.3) is 0 Å². The summed E-state index contributed by atoms with van der Waals surface area (Å²) in [6.45, 7) is 0. The van der Waals surface area contributed by atoms with Crippen molar-refractivity contribution in [3.05, 3.63) is 45.8 Å². The molecule has 2 N–H and O–H groups in total. The Morgan fingerprint density at radius 3 is 2.68 bits per heavy atom. The van der Waals surface area contributed by atoms with E-state index in [-0.39, 0.29) is 11.6 Å². The van der Waals surface area contributed by atoms with E-state index in [2.05, 4.69) is 36.5 Å². The molecule has 1 aromatic heterocycles. The predicted molar refractivity (Wildman–Crippen MR) is 78.7 cm³/mol. The first-order valence-electron chi connectivity index (χ1n) is 5.36. The van der Waals surface area contributed by atoms with Crippen LogP contribution in [0.3, 0.4) is 0 Å². The fourth-order valence-electron chi connectivity index (χ4n) is 1.35. The molecule has 0 radical (unpaired) electrons. The Bertz CT molecular complexity index is 603. The van der Waals surface area contributed by atoms with Crippen molar-refractivity contribution in [1.29, 1.82) is 0 Å². The van der Waals surface area contributed by atoms with Gasteiger partial charge in [0.05, 0.1) is 23.1 Å². The zero-order valence-corrected chi connectivity index (χ0v) is 12.3. The Morgan fingerprint density at radius 1 is 1.32 bits per heavy atom. The van der Waals surface area contributed by atoms with E-state index >= 15 is 0 Å². The number of nitrogens with zero attached hydrogens (tertiary/aromatic N) is 2. The van der Waals surface area contributed by atoms with Crippen LogP contribution in [-0.2, 0) is 0 Å². The van der Waals surface area contributed by atoms with E-state index in [1.807, 2.05) is 0 Å². The van der Waals surface area contributed by atoms with Crippen LogP contribution in [-0.4, -0.2) is 22.9 Å². The summed E-state index contributed by atoms with van der Waals surface area (Å²) in [6.07, 6.45) is 2.88. The molecule has 0 spiro atoms. The average molecular weight is 342 g/mol. The number of carbonyl (C=O) groups is 1. The van der Waals surface area contributed by atoms with Crippen molar-refractivity contribution in [2.75, 3.05) is 17.7 Å². The maximum atomic E-state index is 11.9. The van der Waals surface area contributed by atoms with Crippen molar-refractivity contribution >= 4 is 44.9 Å². The highest BCUT2D eigenvalue weighted by Gasteiger charge is 2.10. The lowest BCUT2D eigenvalue weighted by Crippen LogP contribution is -2.14. The molecule has 0 fully saturated rings. The van der Waals surface area contributed by atoms with Gasteiger partial charge >= 0.3 is 0 Å². The minimum absolute atomic E-state index is 0.220. The van der Waals surface area contributed by atoms with Crippen LogP contribution in [0.1, 0.15) is 10.5 Å². The summed E-state index contributed by atoms with van der Waals surface area (Å²) in [5.41, 5.74) is 0.743. The van der Waals surface area contributed by atoms with Gasteiger partial charge in [0.25, 0.3) is 5.91 Å². The Morgan fingerprint density at radius 2 is 2.11 bits per heavy atom. The number of rotatable bonds is 3. The fourth-order valence-corrected chi connectivity index (χ4v) is 2.07. The third kappa shape index (κ3) is 3.42. The molecule has 1 heterocycles. The van der Waals surface area contributed by atoms with Crippen LogP contribution < -0.4 is 10.6 Å². The molecule has 0 unspecified atom stereocenters. The summed E-state index contributed by atoms with van der Waals surface area (Å²) in [5, 5.41) is 5.95. The van der Waals surface area contributed by atoms with E-state index in [1.165, 1.54) is 12.4 Å². The van der Waals surface area contributed by atoms with Crippen molar-refractivity contribution in [3.63, 3.8) is 0 Å². The minimum atomic E-state index is -0.362. The van der Waals surface area contributed by atoms with Gasteiger partial charge in [0.2, 0.25) is 0 Å². The van der Waals surface area contributed by atoms with Crippen molar-refractivity contribution < 1.29 is 4.79 Å². The molecule has 0 saturated carbocycles. The van der Waals surface area contributed by atoms with Crippen LogP contribution in [0.5, 0.6) is 0 Å². The number of halogens is 2. The predicted octanol–water partition coefficient (Wildman–Crippen LogP) is 3.19. The molecule has 0 aliphatic heterocycles. The summed E-state index contributed by atoms with van der Waals surface area (Å²) >= 11 is 9.31. The Kier molecular flexibility index (Phi) is 4.34. The number of anilines is 2. The summed E-state index contributed by atoms with van der Waals surface area (Å²) in [5.74, 6) is 0.234. The minimum Gasteiger partial charge on any atom is -0.372 e. The van der Waals surface area contributed by atoms with Gasteiger partial charge in [0.15, 0.2) is 0 Å². The van der Waals surface area contributed by atoms with Crippen LogP contribution in [0.2, 0.25) is 5.02 Å². The summed E-state index contributed by atoms with van der Waals surface area (Å²) in [7, 11) is 1.73. The van der Waals surface area contributed by atoms with E-state index < -0.39 is 0 Å². The number of carbonyl (C=O) groups excluding carboxylic acids is 1. The average Bonchev–Trinajstić information content (AvgIpc) is 2.42. The molecule has 7 heteroatoms. The monoisotopic (exact) mass is 340 g/mol. The molecule has 0 aliphatic carbocycles. The smallest absolute Gasteiger partial charge is 0.275 e. The first-order valence-corrected chi connectivity index (χ1v) is 6.53. The molecule has 0 saturated heterocycles. The van der Waals surface area contributed by atoms with E-state index in [4.69, 9.17) is 11.6 Å². The van der Waals surface area contributed by atoms with Gasteiger partial charge in [-0.15, -0.1) is 0 Å². The molecule has 1 aromatic carbocycles. The second kappa shape index (κ2) is 5.99. The molecule has 0 aliphatic rings. The Labute approximate surface area is 123 Å². The zero-order chi connectivity index (χ0) is 13.8. The highest BCUT2D eigenvalue weighted by Crippen LogP contribution is 2.25. The summed E-state index contributed by atoms with van der Waals surface area (Å²) in [4.78, 5) is 20.0. The number of benzene rings is 1. The molecule has 0 atom stereocenters. The van der Waals surface area contributed by atoms with E-state index in [0.29, 0.717) is 16.5 Å². The van der Waals surface area contributed by atoms with E-state index in [9.17, 15) is 4.79 Å². The van der Waals surface area contributed by atoms with Gasteiger partial charge in [-0.3, -0.25) is 4.79 Å². The first kappa shape index (κ1) is 13.8. The van der Waals surface area contributed by atoms with Crippen LogP contribution >= 0.6 is 27.5 Å². The third-order valence-corrected chi connectivity index (χ3v) is 3.13. The SMILES string of the molecule is CNc1cnc(C(=O)Nc2ccc(Br)cc2Cl)cn1. The molecule has 1 amide bonds. The molecule has 5 nitrogen and oxygen atoms in total. The number of hydrogen-bond acceptors (Lipinski definition) is 4. The molecule has 2 aromatic rings. The quantitative estimate of drug-likeness (QED) is 0.900. The number of aromatic nitrogens is 2. The van der Waals surface area contributed by atoms with Gasteiger partial charge in [0, 0.05) is 11.5 Å². The van der Waals surface area contributed by atoms with Crippen molar-refractivity contribution in [3.8, 4) is 0 Å². The van der Waals surface area contributed by atoms with Crippen molar-refractivity contribution in [2.45, 2.75) is 0 Å². The molecule has 19 heavy (non-hydrogen) atoms. The Hall–Kier alpha value is -1.66. The number of nitrogens with one attached hydrogen (secondary N) is 2. The Balaban J connectivity index is 2.15. The third-order valence-electron chi connectivity index (χ3n) is 2.32. The lowest BCUT2D eigenvalue weighted by atomic mass is 10.3. The maximum Gasteiger partial charge on any atom is 0.275 e. The van der Waals surface area contributed by atoms with Gasteiger partial charge in [0.1, 0.15) is 11.5 Å². The van der Waals surface area contributed by atoms with Gasteiger partial charge in [-0.05, 0) is 18.2 Å². The van der Waals surface area contributed by atoms with Crippen LogP contribution in [0.15, 0.2) is 35.1 Å². The first-order chi connectivity index (χ1) is 9.10. The van der Waals surface area contributed by atoms with E-state index in [1.54, 1.807) is 25.2 Å². The standard InChI is InChI=1S/C12H10BrClN4O/c1-15-11-6-16-10(5-17-11)12(19)18-9-3-2-7(13)4-8(9)14/h2-6H,1H3,(H,15,17)(H,18,19). The van der Waals surface area contributed by atoms with Gasteiger partial charge < -0.3 is 10.6 Å². The zero-order valence-electron chi connectivity index (χ0n) is 9.95. The molecule has 98 valence electrons. The van der Waals surface area contributed by atoms with Gasteiger partial charge in [-0.1, -0.05) is 27.5 Å². The van der Waals surface area contributed by atoms with Crippen LogP contribution in [0.4, 0.5) is 11.5 Å². The number of amides is 1. The van der Waals surface area contributed by atoms with Gasteiger partial charge in [-0.25, -0.2) is 9.97 Å². The van der Waals surface area contributed by atoms with Crippen molar-refractivity contribution in [2.24, 2.45) is 0 Å². The molecule has 2 rings (SSSR count). The number of hydrogen-bond donors (Lipinski definition) is 2. The molecular weight excluding hydrogens is 332 g/mol. The highest BCUT2D eigenvalue weighted by molar-refractivity contribution is 9.10. The maximum absolute atomic E-state index is 11.9. The second-order valence-electron chi connectivity index (χ2n) is 3.62. The summed E-state index contributed by atoms with van der Waals surface area (Å²) < 4.78 is 0.841. The normalized spacial score (nSPS) is 10.1. The molecular formula is C12H10BrClN4O. The largest absolute Gasteiger partial charge is 0.372 e. The van der Waals surface area contributed by atoms with Crippen LogP contribution in [0, 0.1) is 0 Å². The molecule has 0 bridgehead atoms. The van der Waals surface area contributed by atoms with Crippen molar-refractivity contribution in [1.82, 2.24) is 9.97 Å². The van der Waals surface area contributed by atoms with Gasteiger partial charge in [-0.2, -0.15) is 0 Å².